The summed E-state index contributed by atoms with van der Waals surface area (Å²) in [5, 5.41) is 2.70. The number of amides is 3. The molecule has 2 fully saturated rings. The van der Waals surface area contributed by atoms with Gasteiger partial charge >= 0.3 is 5.97 Å². The SMILES string of the molecule is COC(=O)c1ccc(C)c(NC(=O)CN2C(=O)CC3(CCCCC3)C2=O)c1. The van der Waals surface area contributed by atoms with E-state index in [1.165, 1.54) is 13.2 Å². The van der Waals surface area contributed by atoms with Gasteiger partial charge in [-0.2, -0.15) is 0 Å². The van der Waals surface area contributed by atoms with Crippen LogP contribution in [0, 0.1) is 12.3 Å². The van der Waals surface area contributed by atoms with Crippen molar-refractivity contribution >= 4 is 29.4 Å². The van der Waals surface area contributed by atoms with Gasteiger partial charge in [-0.05, 0) is 37.5 Å². The van der Waals surface area contributed by atoms with Crippen LogP contribution in [-0.4, -0.2) is 42.2 Å². The van der Waals surface area contributed by atoms with Crippen molar-refractivity contribution in [3.63, 3.8) is 0 Å². The highest BCUT2D eigenvalue weighted by Gasteiger charge is 2.51. The first kappa shape index (κ1) is 19.1. The monoisotopic (exact) mass is 372 g/mol. The van der Waals surface area contributed by atoms with Crippen molar-refractivity contribution in [3.05, 3.63) is 29.3 Å². The normalized spacial score (nSPS) is 18.7. The first-order valence-corrected chi connectivity index (χ1v) is 9.20. The van der Waals surface area contributed by atoms with Crippen LogP contribution in [0.1, 0.15) is 54.4 Å². The lowest BCUT2D eigenvalue weighted by atomic mass is 9.73. The molecule has 1 saturated carbocycles. The van der Waals surface area contributed by atoms with Crippen molar-refractivity contribution in [2.45, 2.75) is 45.4 Å². The minimum Gasteiger partial charge on any atom is -0.465 e. The van der Waals surface area contributed by atoms with Crippen LogP contribution in [0.4, 0.5) is 5.69 Å². The molecule has 2 aliphatic rings. The van der Waals surface area contributed by atoms with Crippen molar-refractivity contribution in [3.8, 4) is 0 Å². The molecule has 1 N–H and O–H groups in total. The summed E-state index contributed by atoms with van der Waals surface area (Å²) in [7, 11) is 1.28. The fourth-order valence-corrected chi connectivity index (χ4v) is 3.97. The zero-order valence-corrected chi connectivity index (χ0v) is 15.7. The molecule has 144 valence electrons. The number of aryl methyl sites for hydroxylation is 1. The molecule has 0 atom stereocenters. The number of benzene rings is 1. The summed E-state index contributed by atoms with van der Waals surface area (Å²) in [4.78, 5) is 50.4. The van der Waals surface area contributed by atoms with Gasteiger partial charge in [0.2, 0.25) is 17.7 Å². The molecular formula is C20H24N2O5. The molecule has 1 aromatic carbocycles. The Hall–Kier alpha value is -2.70. The number of carbonyl (C=O) groups excluding carboxylic acids is 4. The Bertz CT molecular complexity index is 796. The molecule has 1 aromatic rings. The molecule has 0 aromatic heterocycles. The summed E-state index contributed by atoms with van der Waals surface area (Å²) in [5.74, 6) is -1.47. The van der Waals surface area contributed by atoms with Crippen molar-refractivity contribution in [1.82, 2.24) is 4.90 Å². The number of hydrogen-bond acceptors (Lipinski definition) is 5. The molecule has 0 radical (unpaired) electrons. The van der Waals surface area contributed by atoms with Crippen LogP contribution in [0.2, 0.25) is 0 Å². The van der Waals surface area contributed by atoms with Crippen molar-refractivity contribution in [2.24, 2.45) is 5.41 Å². The molecule has 3 rings (SSSR count). The second-order valence-electron chi connectivity index (χ2n) is 7.37. The largest absolute Gasteiger partial charge is 0.465 e. The second-order valence-corrected chi connectivity index (χ2v) is 7.37. The molecule has 0 unspecified atom stereocenters. The Morgan fingerprint density at radius 2 is 1.89 bits per heavy atom. The van der Waals surface area contributed by atoms with Gasteiger partial charge in [-0.1, -0.05) is 25.3 Å². The van der Waals surface area contributed by atoms with Crippen molar-refractivity contribution in [1.29, 1.82) is 0 Å². The number of nitrogens with zero attached hydrogens (tertiary/aromatic N) is 1. The Balaban J connectivity index is 1.70. The zero-order chi connectivity index (χ0) is 19.6. The van der Waals surface area contributed by atoms with E-state index in [4.69, 9.17) is 0 Å². The maximum atomic E-state index is 12.8. The van der Waals surface area contributed by atoms with Crippen LogP contribution in [0.3, 0.4) is 0 Å². The second kappa shape index (κ2) is 7.50. The highest BCUT2D eigenvalue weighted by Crippen LogP contribution is 2.45. The van der Waals surface area contributed by atoms with Gasteiger partial charge in [0.15, 0.2) is 0 Å². The molecule has 1 aliphatic carbocycles. The molecule has 1 saturated heterocycles. The van der Waals surface area contributed by atoms with Crippen LogP contribution in [-0.2, 0) is 19.1 Å². The van der Waals surface area contributed by atoms with E-state index >= 15 is 0 Å². The van der Waals surface area contributed by atoms with Crippen LogP contribution >= 0.6 is 0 Å². The van der Waals surface area contributed by atoms with Gasteiger partial charge in [-0.3, -0.25) is 19.3 Å². The van der Waals surface area contributed by atoms with E-state index in [1.807, 2.05) is 0 Å². The number of hydrogen-bond donors (Lipinski definition) is 1. The van der Waals surface area contributed by atoms with E-state index in [9.17, 15) is 19.2 Å². The lowest BCUT2D eigenvalue weighted by Gasteiger charge is -2.30. The first-order chi connectivity index (χ1) is 12.9. The van der Waals surface area contributed by atoms with Crippen LogP contribution in [0.15, 0.2) is 18.2 Å². The molecule has 1 spiro atoms. The molecule has 7 nitrogen and oxygen atoms in total. The summed E-state index contributed by atoms with van der Waals surface area (Å²) in [6.45, 7) is 1.49. The third kappa shape index (κ3) is 3.72. The Labute approximate surface area is 158 Å². The summed E-state index contributed by atoms with van der Waals surface area (Å²) in [6, 6.07) is 4.83. The Morgan fingerprint density at radius 3 is 2.56 bits per heavy atom. The number of anilines is 1. The lowest BCUT2D eigenvalue weighted by molar-refractivity contribution is -0.144. The van der Waals surface area contributed by atoms with Gasteiger partial charge in [0.25, 0.3) is 0 Å². The predicted molar refractivity (Wildman–Crippen MR) is 98.0 cm³/mol. The molecular weight excluding hydrogens is 348 g/mol. The molecule has 7 heteroatoms. The lowest BCUT2D eigenvalue weighted by Crippen LogP contribution is -2.41. The number of esters is 1. The third-order valence-corrected chi connectivity index (χ3v) is 5.53. The van der Waals surface area contributed by atoms with Gasteiger partial charge in [0.05, 0.1) is 18.1 Å². The minimum absolute atomic E-state index is 0.204. The highest BCUT2D eigenvalue weighted by atomic mass is 16.5. The van der Waals surface area contributed by atoms with Crippen molar-refractivity contribution in [2.75, 3.05) is 19.0 Å². The number of nitrogens with one attached hydrogen (secondary N) is 1. The van der Waals surface area contributed by atoms with Gasteiger partial charge < -0.3 is 10.1 Å². The predicted octanol–water partition coefficient (Wildman–Crippen LogP) is 2.43. The average Bonchev–Trinajstić information content (AvgIpc) is 2.87. The summed E-state index contributed by atoms with van der Waals surface area (Å²) < 4.78 is 4.69. The number of imide groups is 1. The van der Waals surface area contributed by atoms with Crippen LogP contribution in [0.25, 0.3) is 0 Å². The van der Waals surface area contributed by atoms with E-state index < -0.39 is 17.3 Å². The minimum atomic E-state index is -0.601. The number of carbonyl (C=O) groups is 4. The molecule has 1 heterocycles. The number of likely N-dealkylation sites (tertiary alicyclic amines) is 1. The highest BCUT2D eigenvalue weighted by molar-refractivity contribution is 6.09. The summed E-state index contributed by atoms with van der Waals surface area (Å²) >= 11 is 0. The van der Waals surface area contributed by atoms with E-state index in [0.717, 1.165) is 42.6 Å². The fourth-order valence-electron chi connectivity index (χ4n) is 3.97. The molecule has 27 heavy (non-hydrogen) atoms. The Morgan fingerprint density at radius 1 is 1.19 bits per heavy atom. The van der Waals surface area contributed by atoms with Crippen LogP contribution < -0.4 is 5.32 Å². The van der Waals surface area contributed by atoms with Gasteiger partial charge in [0.1, 0.15) is 6.54 Å². The average molecular weight is 372 g/mol. The first-order valence-electron chi connectivity index (χ1n) is 9.20. The standard InChI is InChI=1S/C20H24N2O5/c1-13-6-7-14(18(25)27-2)10-15(13)21-16(23)12-22-17(24)11-20(19(22)26)8-4-3-5-9-20/h6-7,10H,3-5,8-9,11-12H2,1-2H3,(H,21,23). The number of ether oxygens (including phenoxy) is 1. The zero-order valence-electron chi connectivity index (χ0n) is 15.7. The molecule has 1 aliphatic heterocycles. The third-order valence-electron chi connectivity index (χ3n) is 5.53. The topological polar surface area (TPSA) is 92.8 Å². The summed E-state index contributed by atoms with van der Waals surface area (Å²) in [5.41, 5.74) is 0.928. The van der Waals surface area contributed by atoms with Gasteiger partial charge in [0, 0.05) is 12.1 Å². The van der Waals surface area contributed by atoms with Crippen LogP contribution in [0.5, 0.6) is 0 Å². The molecule has 3 amide bonds. The van der Waals surface area contributed by atoms with E-state index in [0.29, 0.717) is 11.3 Å². The maximum absolute atomic E-state index is 12.8. The quantitative estimate of drug-likeness (QED) is 0.647. The van der Waals surface area contributed by atoms with Gasteiger partial charge in [-0.25, -0.2) is 4.79 Å². The number of rotatable bonds is 4. The smallest absolute Gasteiger partial charge is 0.337 e. The van der Waals surface area contributed by atoms with Gasteiger partial charge in [-0.15, -0.1) is 0 Å². The van der Waals surface area contributed by atoms with E-state index in [2.05, 4.69) is 10.1 Å². The van der Waals surface area contributed by atoms with E-state index in [1.54, 1.807) is 19.1 Å². The van der Waals surface area contributed by atoms with Crippen molar-refractivity contribution < 1.29 is 23.9 Å². The Kier molecular flexibility index (Phi) is 5.30. The van der Waals surface area contributed by atoms with E-state index in [-0.39, 0.29) is 24.8 Å². The number of methoxy groups -OCH3 is 1. The fraction of sp³-hybridized carbons (Fsp3) is 0.500. The maximum Gasteiger partial charge on any atom is 0.337 e. The molecule has 0 bridgehead atoms. The summed E-state index contributed by atoms with van der Waals surface area (Å²) in [6.07, 6.45) is 4.61.